The zero-order valence-corrected chi connectivity index (χ0v) is 28.8. The van der Waals surface area contributed by atoms with Gasteiger partial charge >= 0.3 is 0 Å². The van der Waals surface area contributed by atoms with Crippen LogP contribution in [0.2, 0.25) is 0 Å². The van der Waals surface area contributed by atoms with Gasteiger partial charge in [-0.1, -0.05) is 36.4 Å². The number of pyridine rings is 1. The predicted molar refractivity (Wildman–Crippen MR) is 187 cm³/mol. The smallest absolute Gasteiger partial charge is 0.264 e. The largest absolute Gasteiger partial charge is 0.492 e. The standard InChI is InChI=1S/C37H44N6O8/c1-25-33(46)38-18-23-50-28-11-13-29(14-12-28)51-37(16-21-43(22-17-37)32(45)15-20-42-19-7-6-10-31(42)44)36(49)40-26(2)34(47)41-30(35(48)39-25)24-27-8-4-3-5-9-27/h3-14,19,25-26,30H,15-18,20-24H2,1-2H3,(H,38,46)(H,39,48)(H,40,49)(H,41,47)/t25-,26-,30-/m0/s1. The van der Waals surface area contributed by atoms with Crippen molar-refractivity contribution in [3.8, 4) is 11.5 Å². The molecule has 2 aromatic carbocycles. The van der Waals surface area contributed by atoms with Crippen molar-refractivity contribution in [1.29, 1.82) is 0 Å². The number of piperidine rings is 1. The summed E-state index contributed by atoms with van der Waals surface area (Å²) in [5.74, 6) is -1.39. The zero-order chi connectivity index (χ0) is 36.4. The number of nitrogens with zero attached hydrogens (tertiary/aromatic N) is 2. The molecule has 1 aromatic heterocycles. The molecule has 4 heterocycles. The number of hydrogen-bond acceptors (Lipinski definition) is 8. The molecule has 0 aliphatic carbocycles. The summed E-state index contributed by atoms with van der Waals surface area (Å²) in [4.78, 5) is 80.6. The van der Waals surface area contributed by atoms with Crippen LogP contribution >= 0.6 is 0 Å². The number of nitrogens with one attached hydrogen (secondary N) is 4. The van der Waals surface area contributed by atoms with E-state index in [1.54, 1.807) is 54.4 Å². The summed E-state index contributed by atoms with van der Waals surface area (Å²) in [6, 6.07) is 17.6. The number of rotatable bonds is 5. The normalized spacial score (nSPS) is 21.7. The first kappa shape index (κ1) is 36.6. The molecule has 3 aromatic rings. The number of benzene rings is 2. The Hall–Kier alpha value is -5.66. The number of hydrogen-bond donors (Lipinski definition) is 4. The fourth-order valence-electron chi connectivity index (χ4n) is 5.97. The van der Waals surface area contributed by atoms with Gasteiger partial charge < -0.3 is 40.2 Å². The van der Waals surface area contributed by atoms with Crippen molar-refractivity contribution in [2.75, 3.05) is 26.2 Å². The van der Waals surface area contributed by atoms with Crippen LogP contribution in [0, 0.1) is 0 Å². The quantitative estimate of drug-likeness (QED) is 0.284. The summed E-state index contributed by atoms with van der Waals surface area (Å²) in [6.07, 6.45) is 2.17. The maximum Gasteiger partial charge on any atom is 0.264 e. The summed E-state index contributed by atoms with van der Waals surface area (Å²) in [5, 5.41) is 10.9. The van der Waals surface area contributed by atoms with Crippen LogP contribution < -0.4 is 36.3 Å². The number of fused-ring (bicyclic) bond motifs is 15. The van der Waals surface area contributed by atoms with E-state index in [9.17, 15) is 28.8 Å². The van der Waals surface area contributed by atoms with Crippen molar-refractivity contribution in [3.63, 3.8) is 0 Å². The molecule has 1 saturated heterocycles. The van der Waals surface area contributed by atoms with Gasteiger partial charge in [0.05, 0.1) is 6.54 Å². The summed E-state index contributed by atoms with van der Waals surface area (Å²) < 4.78 is 13.6. The lowest BCUT2D eigenvalue weighted by atomic mass is 9.89. The molecule has 2 bridgehead atoms. The average molecular weight is 701 g/mol. The topological polar surface area (TPSA) is 177 Å². The molecule has 51 heavy (non-hydrogen) atoms. The van der Waals surface area contributed by atoms with Crippen molar-refractivity contribution in [1.82, 2.24) is 30.7 Å². The third-order valence-corrected chi connectivity index (χ3v) is 9.02. The van der Waals surface area contributed by atoms with Crippen LogP contribution in [-0.4, -0.2) is 89.0 Å². The highest BCUT2D eigenvalue weighted by atomic mass is 16.5. The van der Waals surface area contributed by atoms with Crippen molar-refractivity contribution in [2.45, 2.75) is 69.8 Å². The van der Waals surface area contributed by atoms with Crippen molar-refractivity contribution >= 4 is 29.5 Å². The Balaban J connectivity index is 1.34. The molecule has 6 rings (SSSR count). The number of carbonyl (C=O) groups is 5. The first-order valence-corrected chi connectivity index (χ1v) is 17.1. The molecule has 3 atom stereocenters. The summed E-state index contributed by atoms with van der Waals surface area (Å²) in [7, 11) is 0. The highest BCUT2D eigenvalue weighted by Gasteiger charge is 2.45. The van der Waals surface area contributed by atoms with Gasteiger partial charge in [-0.2, -0.15) is 0 Å². The lowest BCUT2D eigenvalue weighted by Gasteiger charge is -2.41. The summed E-state index contributed by atoms with van der Waals surface area (Å²) in [5.41, 5.74) is -0.835. The Morgan fingerprint density at radius 1 is 0.784 bits per heavy atom. The van der Waals surface area contributed by atoms with Crippen LogP contribution in [0.5, 0.6) is 11.5 Å². The number of aryl methyl sites for hydroxylation is 1. The van der Waals surface area contributed by atoms with E-state index in [-0.39, 0.29) is 69.9 Å². The lowest BCUT2D eigenvalue weighted by Crippen LogP contribution is -2.61. The second kappa shape index (κ2) is 16.8. The monoisotopic (exact) mass is 700 g/mol. The third kappa shape index (κ3) is 9.74. The average Bonchev–Trinajstić information content (AvgIpc) is 3.13. The van der Waals surface area contributed by atoms with Crippen LogP contribution in [0.4, 0.5) is 0 Å². The maximum absolute atomic E-state index is 14.1. The van der Waals surface area contributed by atoms with Crippen LogP contribution in [0.15, 0.2) is 83.8 Å². The number of likely N-dealkylation sites (tertiary alicyclic amines) is 1. The molecule has 3 aliphatic rings. The number of carbonyl (C=O) groups excluding carboxylic acids is 5. The molecule has 14 nitrogen and oxygen atoms in total. The highest BCUT2D eigenvalue weighted by molar-refractivity contribution is 5.95. The Kier molecular flexibility index (Phi) is 12.1. The van der Waals surface area contributed by atoms with Crippen LogP contribution in [-0.2, 0) is 36.9 Å². The Bertz CT molecular complexity index is 1750. The molecule has 0 radical (unpaired) electrons. The highest BCUT2D eigenvalue weighted by Crippen LogP contribution is 2.31. The SMILES string of the molecule is C[C@@H]1NC(=O)[C@H](Cc2ccccc2)NC(=O)[C@H](C)NC(=O)C2(CCN(C(=O)CCn3ccccc3=O)CC2)Oc2ccc(cc2)OCCNC1=O. The molecule has 14 heteroatoms. The van der Waals surface area contributed by atoms with Crippen molar-refractivity contribution in [2.24, 2.45) is 0 Å². The maximum atomic E-state index is 14.1. The predicted octanol–water partition coefficient (Wildman–Crippen LogP) is 0.924. The van der Waals surface area contributed by atoms with Gasteiger partial charge in [-0.15, -0.1) is 0 Å². The van der Waals surface area contributed by atoms with Crippen LogP contribution in [0.25, 0.3) is 0 Å². The minimum atomic E-state index is -1.43. The van der Waals surface area contributed by atoms with E-state index in [1.165, 1.54) is 17.6 Å². The molecule has 270 valence electrons. The van der Waals surface area contributed by atoms with E-state index in [4.69, 9.17) is 9.47 Å². The molecule has 1 fully saturated rings. The molecule has 0 unspecified atom stereocenters. The van der Waals surface area contributed by atoms with Gasteiger partial charge in [0.1, 0.15) is 36.2 Å². The zero-order valence-electron chi connectivity index (χ0n) is 28.8. The van der Waals surface area contributed by atoms with Gasteiger partial charge in [0.25, 0.3) is 11.5 Å². The first-order valence-electron chi connectivity index (χ1n) is 17.1. The lowest BCUT2D eigenvalue weighted by molar-refractivity contribution is -0.148. The third-order valence-electron chi connectivity index (χ3n) is 9.02. The number of aromatic nitrogens is 1. The van der Waals surface area contributed by atoms with Crippen LogP contribution in [0.3, 0.4) is 0 Å². The fraction of sp³-hybridized carbons (Fsp3) is 0.405. The second-order valence-corrected chi connectivity index (χ2v) is 12.7. The molecule has 5 amide bonds. The molecule has 1 spiro atoms. The van der Waals surface area contributed by atoms with Gasteiger partial charge in [-0.05, 0) is 49.7 Å². The molecular weight excluding hydrogens is 656 g/mol. The number of ether oxygens (including phenoxy) is 2. The van der Waals surface area contributed by atoms with E-state index in [1.807, 2.05) is 30.3 Å². The Morgan fingerprint density at radius 2 is 1.45 bits per heavy atom. The van der Waals surface area contributed by atoms with Gasteiger partial charge in [-0.25, -0.2) is 0 Å². The number of amides is 5. The minimum absolute atomic E-state index is 0.114. The minimum Gasteiger partial charge on any atom is -0.492 e. The van der Waals surface area contributed by atoms with Crippen molar-refractivity contribution < 1.29 is 33.4 Å². The van der Waals surface area contributed by atoms with Gasteiger partial charge in [-0.3, -0.25) is 28.8 Å². The van der Waals surface area contributed by atoms with Crippen molar-refractivity contribution in [3.05, 3.63) is 94.9 Å². The second-order valence-electron chi connectivity index (χ2n) is 12.7. The Morgan fingerprint density at radius 3 is 2.16 bits per heavy atom. The van der Waals surface area contributed by atoms with E-state index < -0.39 is 47.4 Å². The van der Waals surface area contributed by atoms with Gasteiger partial charge in [0.15, 0.2) is 5.60 Å². The van der Waals surface area contributed by atoms with E-state index in [2.05, 4.69) is 21.3 Å². The van der Waals surface area contributed by atoms with Gasteiger partial charge in [0.2, 0.25) is 23.6 Å². The fourth-order valence-corrected chi connectivity index (χ4v) is 5.97. The van der Waals surface area contributed by atoms with Gasteiger partial charge in [0, 0.05) is 57.6 Å². The van der Waals surface area contributed by atoms with E-state index in [0.717, 1.165) is 5.56 Å². The molecule has 0 saturated carbocycles. The van der Waals surface area contributed by atoms with Crippen LogP contribution in [0.1, 0.15) is 38.7 Å². The molecular formula is C37H44N6O8. The summed E-state index contributed by atoms with van der Waals surface area (Å²) >= 11 is 0. The van der Waals surface area contributed by atoms with E-state index >= 15 is 0 Å². The Labute approximate surface area is 295 Å². The summed E-state index contributed by atoms with van der Waals surface area (Å²) in [6.45, 7) is 4.04. The molecule has 4 N–H and O–H groups in total. The molecule has 3 aliphatic heterocycles. The first-order chi connectivity index (χ1) is 24.5. The van der Waals surface area contributed by atoms with E-state index in [0.29, 0.717) is 11.5 Å².